The van der Waals surface area contributed by atoms with Gasteiger partial charge in [-0.3, -0.25) is 9.59 Å². The third-order valence-electron chi connectivity index (χ3n) is 4.02. The molecule has 1 aromatic heterocycles. The number of thiazole rings is 1. The lowest BCUT2D eigenvalue weighted by molar-refractivity contribution is -0.129. The van der Waals surface area contributed by atoms with Crippen molar-refractivity contribution in [1.29, 1.82) is 0 Å². The van der Waals surface area contributed by atoms with Gasteiger partial charge >= 0.3 is 0 Å². The average molecular weight is 376 g/mol. The van der Waals surface area contributed by atoms with E-state index in [1.807, 2.05) is 37.4 Å². The first-order valence-electron chi connectivity index (χ1n) is 8.14. The highest BCUT2D eigenvalue weighted by atomic mass is 32.2. The SMILES string of the molecule is CC1(C)SCC(C(=O)NCc2csc(Cc3ccccc3)n2)NC1=O. The van der Waals surface area contributed by atoms with Crippen LogP contribution in [0.5, 0.6) is 0 Å². The van der Waals surface area contributed by atoms with Crippen LogP contribution in [0.1, 0.15) is 30.1 Å². The molecule has 0 radical (unpaired) electrons. The second kappa shape index (κ2) is 7.58. The van der Waals surface area contributed by atoms with Gasteiger partial charge in [-0.1, -0.05) is 30.3 Å². The summed E-state index contributed by atoms with van der Waals surface area (Å²) in [5.41, 5.74) is 2.07. The van der Waals surface area contributed by atoms with Crippen LogP contribution in [0.15, 0.2) is 35.7 Å². The minimum Gasteiger partial charge on any atom is -0.349 e. The van der Waals surface area contributed by atoms with E-state index in [9.17, 15) is 9.59 Å². The molecular weight excluding hydrogens is 354 g/mol. The van der Waals surface area contributed by atoms with Crippen LogP contribution in [0.3, 0.4) is 0 Å². The highest BCUT2D eigenvalue weighted by molar-refractivity contribution is 8.01. The molecule has 132 valence electrons. The van der Waals surface area contributed by atoms with Gasteiger partial charge in [0.15, 0.2) is 0 Å². The molecule has 25 heavy (non-hydrogen) atoms. The summed E-state index contributed by atoms with van der Waals surface area (Å²) in [7, 11) is 0. The number of hydrogen-bond acceptors (Lipinski definition) is 5. The van der Waals surface area contributed by atoms with Crippen LogP contribution in [0, 0.1) is 0 Å². The van der Waals surface area contributed by atoms with Crippen LogP contribution >= 0.6 is 23.1 Å². The van der Waals surface area contributed by atoms with Crippen molar-refractivity contribution in [2.75, 3.05) is 5.75 Å². The normalized spacial score (nSPS) is 19.3. The van der Waals surface area contributed by atoms with Gasteiger partial charge in [0.25, 0.3) is 0 Å². The molecule has 2 amide bonds. The van der Waals surface area contributed by atoms with E-state index in [1.54, 1.807) is 11.3 Å². The first-order chi connectivity index (χ1) is 11.9. The van der Waals surface area contributed by atoms with E-state index in [1.165, 1.54) is 17.3 Å². The zero-order valence-corrected chi connectivity index (χ0v) is 15.9. The summed E-state index contributed by atoms with van der Waals surface area (Å²) in [6, 6.07) is 9.70. The van der Waals surface area contributed by atoms with Crippen molar-refractivity contribution in [1.82, 2.24) is 15.6 Å². The van der Waals surface area contributed by atoms with Crippen LogP contribution in [0.2, 0.25) is 0 Å². The van der Waals surface area contributed by atoms with Crippen molar-refractivity contribution < 1.29 is 9.59 Å². The van der Waals surface area contributed by atoms with Crippen LogP contribution in [0.25, 0.3) is 0 Å². The molecule has 1 aliphatic rings. The monoisotopic (exact) mass is 375 g/mol. The van der Waals surface area contributed by atoms with Gasteiger partial charge in [0.05, 0.1) is 22.0 Å². The molecule has 3 rings (SSSR count). The lowest BCUT2D eigenvalue weighted by atomic mass is 10.1. The molecule has 2 N–H and O–H groups in total. The van der Waals surface area contributed by atoms with Crippen molar-refractivity contribution in [3.05, 3.63) is 52.0 Å². The second-order valence-corrected chi connectivity index (χ2v) is 9.05. The highest BCUT2D eigenvalue weighted by Gasteiger charge is 2.37. The van der Waals surface area contributed by atoms with Gasteiger partial charge in [-0.05, 0) is 19.4 Å². The Morgan fingerprint density at radius 1 is 1.36 bits per heavy atom. The lowest BCUT2D eigenvalue weighted by Gasteiger charge is -2.32. The maximum absolute atomic E-state index is 12.3. The van der Waals surface area contributed by atoms with Crippen LogP contribution < -0.4 is 10.6 Å². The predicted octanol–water partition coefficient (Wildman–Crippen LogP) is 2.36. The Kier molecular flexibility index (Phi) is 5.44. The highest BCUT2D eigenvalue weighted by Crippen LogP contribution is 2.29. The van der Waals surface area contributed by atoms with Crippen molar-refractivity contribution >= 4 is 34.9 Å². The fourth-order valence-electron chi connectivity index (χ4n) is 2.45. The summed E-state index contributed by atoms with van der Waals surface area (Å²) in [4.78, 5) is 28.8. The van der Waals surface area contributed by atoms with Gasteiger partial charge in [0.2, 0.25) is 11.8 Å². The van der Waals surface area contributed by atoms with Gasteiger partial charge in [0, 0.05) is 17.6 Å². The second-order valence-electron chi connectivity index (χ2n) is 6.46. The Labute approximate surface area is 155 Å². The van der Waals surface area contributed by atoms with E-state index in [4.69, 9.17) is 0 Å². The zero-order valence-electron chi connectivity index (χ0n) is 14.2. The molecule has 1 fully saturated rings. The fraction of sp³-hybridized carbons (Fsp3) is 0.389. The first kappa shape index (κ1) is 17.9. The maximum Gasteiger partial charge on any atom is 0.243 e. The van der Waals surface area contributed by atoms with E-state index in [0.717, 1.165) is 17.1 Å². The maximum atomic E-state index is 12.3. The standard InChI is InChI=1S/C18H21N3O2S2/c1-18(2)17(23)21-14(11-25-18)16(22)19-9-13-10-24-15(20-13)8-12-6-4-3-5-7-12/h3-7,10,14H,8-9,11H2,1-2H3,(H,19,22)(H,21,23). The minimum absolute atomic E-state index is 0.0947. The molecule has 2 aromatic rings. The van der Waals surface area contributed by atoms with E-state index in [2.05, 4.69) is 27.8 Å². The van der Waals surface area contributed by atoms with Crippen molar-refractivity contribution in [2.24, 2.45) is 0 Å². The topological polar surface area (TPSA) is 71.1 Å². The van der Waals surface area contributed by atoms with Crippen molar-refractivity contribution in [2.45, 2.75) is 37.6 Å². The molecule has 1 atom stereocenters. The van der Waals surface area contributed by atoms with Crippen LogP contribution in [0.4, 0.5) is 0 Å². The zero-order chi connectivity index (χ0) is 17.9. The van der Waals surface area contributed by atoms with E-state index < -0.39 is 10.8 Å². The first-order valence-corrected chi connectivity index (χ1v) is 10.0. The predicted molar refractivity (Wildman–Crippen MR) is 102 cm³/mol. The number of nitrogens with zero attached hydrogens (tertiary/aromatic N) is 1. The molecular formula is C18H21N3O2S2. The Balaban J connectivity index is 1.51. The van der Waals surface area contributed by atoms with E-state index >= 15 is 0 Å². The van der Waals surface area contributed by atoms with Crippen molar-refractivity contribution in [3.63, 3.8) is 0 Å². The summed E-state index contributed by atoms with van der Waals surface area (Å²) in [6.45, 7) is 4.11. The number of nitrogens with one attached hydrogen (secondary N) is 2. The number of aromatic nitrogens is 1. The molecule has 1 aromatic carbocycles. The van der Waals surface area contributed by atoms with Crippen molar-refractivity contribution in [3.8, 4) is 0 Å². The number of benzene rings is 1. The van der Waals surface area contributed by atoms with Crippen LogP contribution in [-0.4, -0.2) is 33.3 Å². The summed E-state index contributed by atoms with van der Waals surface area (Å²) in [5.74, 6) is 0.331. The molecule has 1 saturated heterocycles. The molecule has 1 unspecified atom stereocenters. The quantitative estimate of drug-likeness (QED) is 0.842. The molecule has 7 heteroatoms. The van der Waals surface area contributed by atoms with Crippen LogP contribution in [-0.2, 0) is 22.6 Å². The summed E-state index contributed by atoms with van der Waals surface area (Å²) in [5, 5.41) is 8.66. The number of rotatable bonds is 5. The van der Waals surface area contributed by atoms with E-state index in [0.29, 0.717) is 12.3 Å². The van der Waals surface area contributed by atoms with E-state index in [-0.39, 0.29) is 11.8 Å². The molecule has 0 spiro atoms. The third-order valence-corrected chi connectivity index (χ3v) is 6.33. The summed E-state index contributed by atoms with van der Waals surface area (Å²) in [6.07, 6.45) is 0.795. The number of carbonyl (C=O) groups is 2. The minimum atomic E-state index is -0.479. The molecule has 5 nitrogen and oxygen atoms in total. The average Bonchev–Trinajstić information content (AvgIpc) is 3.03. The summed E-state index contributed by atoms with van der Waals surface area (Å²) >= 11 is 3.10. The fourth-order valence-corrected chi connectivity index (χ4v) is 4.29. The Hall–Kier alpha value is -1.86. The Morgan fingerprint density at radius 2 is 2.12 bits per heavy atom. The lowest BCUT2D eigenvalue weighted by Crippen LogP contribution is -2.57. The Morgan fingerprint density at radius 3 is 2.84 bits per heavy atom. The number of hydrogen-bond donors (Lipinski definition) is 2. The summed E-state index contributed by atoms with van der Waals surface area (Å²) < 4.78 is -0.474. The smallest absolute Gasteiger partial charge is 0.243 e. The molecule has 2 heterocycles. The molecule has 0 aliphatic carbocycles. The number of thioether (sulfide) groups is 1. The molecule has 0 saturated carbocycles. The molecule has 0 bridgehead atoms. The third kappa shape index (κ3) is 4.61. The van der Waals surface area contributed by atoms with Gasteiger partial charge in [-0.25, -0.2) is 4.98 Å². The number of carbonyl (C=O) groups excluding carboxylic acids is 2. The van der Waals surface area contributed by atoms with Gasteiger partial charge in [-0.15, -0.1) is 23.1 Å². The number of amides is 2. The van der Waals surface area contributed by atoms with Gasteiger partial charge in [-0.2, -0.15) is 0 Å². The Bertz CT molecular complexity index is 759. The van der Waals surface area contributed by atoms with Gasteiger partial charge < -0.3 is 10.6 Å². The van der Waals surface area contributed by atoms with Gasteiger partial charge in [0.1, 0.15) is 6.04 Å². The largest absolute Gasteiger partial charge is 0.349 e. The molecule has 1 aliphatic heterocycles.